The van der Waals surface area contributed by atoms with Crippen LogP contribution in [0.5, 0.6) is 0 Å². The molecule has 0 spiro atoms. The number of amides is 3. The van der Waals surface area contributed by atoms with E-state index in [2.05, 4.69) is 5.32 Å². The highest BCUT2D eigenvalue weighted by molar-refractivity contribution is 7.80. The molecule has 0 radical (unpaired) electrons. The third-order valence-corrected chi connectivity index (χ3v) is 3.13. The lowest BCUT2D eigenvalue weighted by Gasteiger charge is -2.21. The molecule has 1 atom stereocenters. The summed E-state index contributed by atoms with van der Waals surface area (Å²) >= 11 is 5.02. The lowest BCUT2D eigenvalue weighted by Crippen LogP contribution is -2.38. The van der Waals surface area contributed by atoms with Crippen LogP contribution in [0.2, 0.25) is 0 Å². The SMILES string of the molecule is NC(=S)C(CN1C(=O)CNC1=O)c1ccccc1. The molecule has 2 rings (SSSR count). The number of hydrogen-bond donors (Lipinski definition) is 2. The molecule has 6 heteroatoms. The van der Waals surface area contributed by atoms with E-state index in [0.29, 0.717) is 0 Å². The fourth-order valence-corrected chi connectivity index (χ4v) is 2.08. The van der Waals surface area contributed by atoms with Crippen LogP contribution in [0.1, 0.15) is 11.5 Å². The molecule has 0 bridgehead atoms. The zero-order valence-corrected chi connectivity index (χ0v) is 10.4. The van der Waals surface area contributed by atoms with Crippen molar-refractivity contribution in [3.05, 3.63) is 35.9 Å². The van der Waals surface area contributed by atoms with Crippen molar-refractivity contribution in [3.63, 3.8) is 0 Å². The fourth-order valence-electron chi connectivity index (χ4n) is 1.87. The monoisotopic (exact) mass is 263 g/mol. The molecule has 1 fully saturated rings. The molecule has 3 N–H and O–H groups in total. The minimum absolute atomic E-state index is 0.0394. The maximum atomic E-state index is 11.5. The van der Waals surface area contributed by atoms with E-state index in [1.165, 1.54) is 0 Å². The molecule has 1 aromatic rings. The Morgan fingerprint density at radius 3 is 2.56 bits per heavy atom. The van der Waals surface area contributed by atoms with Crippen molar-refractivity contribution in [2.45, 2.75) is 5.92 Å². The standard InChI is InChI=1S/C12H13N3O2S/c13-11(18)9(8-4-2-1-3-5-8)7-15-10(16)6-14-12(15)17/h1-5,9H,6-7H2,(H2,13,18)(H,14,17). The predicted octanol–water partition coefficient (Wildman–Crippen LogP) is 0.608. The van der Waals surface area contributed by atoms with E-state index in [-0.39, 0.29) is 29.9 Å². The molecule has 18 heavy (non-hydrogen) atoms. The molecule has 1 aliphatic rings. The van der Waals surface area contributed by atoms with Gasteiger partial charge in [-0.3, -0.25) is 9.69 Å². The molecule has 94 valence electrons. The number of nitrogens with zero attached hydrogens (tertiary/aromatic N) is 1. The van der Waals surface area contributed by atoms with E-state index in [1.54, 1.807) is 0 Å². The Bertz CT molecular complexity index is 473. The third kappa shape index (κ3) is 2.48. The fraction of sp³-hybridized carbons (Fsp3) is 0.250. The number of hydrogen-bond acceptors (Lipinski definition) is 3. The molecule has 3 amide bonds. The third-order valence-electron chi connectivity index (χ3n) is 2.85. The molecule has 0 aromatic heterocycles. The van der Waals surface area contributed by atoms with Gasteiger partial charge in [-0.05, 0) is 5.56 Å². The van der Waals surface area contributed by atoms with Crippen LogP contribution in [-0.4, -0.2) is 34.9 Å². The quantitative estimate of drug-likeness (QED) is 0.616. The Hall–Kier alpha value is -1.95. The second-order valence-electron chi connectivity index (χ2n) is 4.03. The first-order valence-electron chi connectivity index (χ1n) is 5.52. The number of carbonyl (C=O) groups excluding carboxylic acids is 2. The van der Waals surface area contributed by atoms with Crippen molar-refractivity contribution in [2.24, 2.45) is 5.73 Å². The number of nitrogens with two attached hydrogens (primary N) is 1. The number of benzene rings is 1. The second kappa shape index (κ2) is 5.14. The van der Waals surface area contributed by atoms with E-state index in [4.69, 9.17) is 18.0 Å². The first-order chi connectivity index (χ1) is 8.59. The summed E-state index contributed by atoms with van der Waals surface area (Å²) in [6.07, 6.45) is 0. The summed E-state index contributed by atoms with van der Waals surface area (Å²) in [4.78, 5) is 24.4. The molecule has 1 unspecified atom stereocenters. The summed E-state index contributed by atoms with van der Waals surface area (Å²) < 4.78 is 0. The molecular weight excluding hydrogens is 250 g/mol. The van der Waals surface area contributed by atoms with Crippen LogP contribution < -0.4 is 11.1 Å². The van der Waals surface area contributed by atoms with Crippen LogP contribution in [0.3, 0.4) is 0 Å². The minimum atomic E-state index is -0.391. The van der Waals surface area contributed by atoms with Crippen LogP contribution in [-0.2, 0) is 4.79 Å². The van der Waals surface area contributed by atoms with E-state index >= 15 is 0 Å². The van der Waals surface area contributed by atoms with Gasteiger partial charge in [0.05, 0.1) is 17.5 Å². The Labute approximate surface area is 110 Å². The van der Waals surface area contributed by atoms with Crippen LogP contribution in [0, 0.1) is 0 Å². The largest absolute Gasteiger partial charge is 0.393 e. The first-order valence-corrected chi connectivity index (χ1v) is 5.93. The first kappa shape index (κ1) is 12.5. The van der Waals surface area contributed by atoms with Crippen LogP contribution in [0.25, 0.3) is 0 Å². The molecule has 1 heterocycles. The van der Waals surface area contributed by atoms with Crippen molar-refractivity contribution in [1.29, 1.82) is 0 Å². The van der Waals surface area contributed by atoms with Gasteiger partial charge in [-0.2, -0.15) is 0 Å². The van der Waals surface area contributed by atoms with E-state index < -0.39 is 6.03 Å². The van der Waals surface area contributed by atoms with Crippen molar-refractivity contribution in [1.82, 2.24) is 10.2 Å². The number of urea groups is 1. The van der Waals surface area contributed by atoms with Gasteiger partial charge in [-0.25, -0.2) is 4.79 Å². The molecule has 1 aromatic carbocycles. The average Bonchev–Trinajstić information content (AvgIpc) is 2.67. The summed E-state index contributed by atoms with van der Waals surface area (Å²) in [7, 11) is 0. The maximum absolute atomic E-state index is 11.5. The Kier molecular flexibility index (Phi) is 3.57. The van der Waals surface area contributed by atoms with Crippen LogP contribution >= 0.6 is 12.2 Å². The van der Waals surface area contributed by atoms with Crippen LogP contribution in [0.4, 0.5) is 4.79 Å². The minimum Gasteiger partial charge on any atom is -0.393 e. The van der Waals surface area contributed by atoms with Gasteiger partial charge in [0.1, 0.15) is 0 Å². The normalized spacial score (nSPS) is 16.6. The average molecular weight is 263 g/mol. The van der Waals surface area contributed by atoms with Gasteiger partial charge in [-0.1, -0.05) is 42.5 Å². The van der Waals surface area contributed by atoms with Crippen molar-refractivity contribution in [2.75, 3.05) is 13.1 Å². The molecule has 1 saturated heterocycles. The lowest BCUT2D eigenvalue weighted by molar-refractivity contribution is -0.125. The van der Waals surface area contributed by atoms with Crippen molar-refractivity contribution >= 4 is 29.1 Å². The van der Waals surface area contributed by atoms with Gasteiger partial charge >= 0.3 is 6.03 Å². The molecule has 5 nitrogen and oxygen atoms in total. The van der Waals surface area contributed by atoms with Gasteiger partial charge in [0, 0.05) is 6.54 Å². The summed E-state index contributed by atoms with van der Waals surface area (Å²) in [5, 5.41) is 2.47. The molecule has 0 saturated carbocycles. The van der Waals surface area contributed by atoms with Crippen molar-refractivity contribution in [3.8, 4) is 0 Å². The Morgan fingerprint density at radius 2 is 2.06 bits per heavy atom. The Balaban J connectivity index is 2.20. The van der Waals surface area contributed by atoms with E-state index in [9.17, 15) is 9.59 Å². The van der Waals surface area contributed by atoms with Crippen LogP contribution in [0.15, 0.2) is 30.3 Å². The second-order valence-corrected chi connectivity index (χ2v) is 4.50. The predicted molar refractivity (Wildman–Crippen MR) is 71.1 cm³/mol. The van der Waals surface area contributed by atoms with Gasteiger partial charge in [-0.15, -0.1) is 0 Å². The number of nitrogens with one attached hydrogen (secondary N) is 1. The summed E-state index contributed by atoms with van der Waals surface area (Å²) in [6.45, 7) is 0.224. The van der Waals surface area contributed by atoms with Gasteiger partial charge < -0.3 is 11.1 Å². The summed E-state index contributed by atoms with van der Waals surface area (Å²) in [5.74, 6) is -0.564. The molecule has 0 aliphatic carbocycles. The topological polar surface area (TPSA) is 75.4 Å². The molecule has 1 aliphatic heterocycles. The highest BCUT2D eigenvalue weighted by atomic mass is 32.1. The van der Waals surface area contributed by atoms with Gasteiger partial charge in [0.25, 0.3) is 0 Å². The summed E-state index contributed by atoms with van der Waals surface area (Å²) in [6, 6.07) is 8.98. The van der Waals surface area contributed by atoms with Gasteiger partial charge in [0.2, 0.25) is 5.91 Å². The van der Waals surface area contributed by atoms with E-state index in [0.717, 1.165) is 10.5 Å². The smallest absolute Gasteiger partial charge is 0.324 e. The number of imide groups is 1. The number of rotatable bonds is 4. The zero-order valence-electron chi connectivity index (χ0n) is 9.63. The highest BCUT2D eigenvalue weighted by Crippen LogP contribution is 2.18. The zero-order chi connectivity index (χ0) is 13.1. The van der Waals surface area contributed by atoms with E-state index in [1.807, 2.05) is 30.3 Å². The number of carbonyl (C=O) groups is 2. The Morgan fingerprint density at radius 1 is 1.39 bits per heavy atom. The van der Waals surface area contributed by atoms with Gasteiger partial charge in [0.15, 0.2) is 0 Å². The highest BCUT2D eigenvalue weighted by Gasteiger charge is 2.31. The molecular formula is C12H13N3O2S. The lowest BCUT2D eigenvalue weighted by atomic mass is 9.98. The maximum Gasteiger partial charge on any atom is 0.324 e. The number of thiocarbonyl (C=S) groups is 1. The van der Waals surface area contributed by atoms with Crippen molar-refractivity contribution < 1.29 is 9.59 Å². The summed E-state index contributed by atoms with van der Waals surface area (Å²) in [5.41, 5.74) is 6.60.